The molecule has 0 fully saturated rings. The highest BCUT2D eigenvalue weighted by molar-refractivity contribution is 7.80. The van der Waals surface area contributed by atoms with Crippen LogP contribution >= 0.6 is 23.8 Å². The molecule has 2 aromatic carbocycles. The second-order valence-electron chi connectivity index (χ2n) is 7.61. The van der Waals surface area contributed by atoms with Crippen LogP contribution in [0.3, 0.4) is 0 Å². The summed E-state index contributed by atoms with van der Waals surface area (Å²) in [6.07, 6.45) is 0. The minimum Gasteiger partial charge on any atom is -0.462 e. The molecule has 0 aliphatic carbocycles. The molecule has 0 saturated carbocycles. The summed E-state index contributed by atoms with van der Waals surface area (Å²) >= 11 is 11.5. The number of ether oxygens (including phenoxy) is 1. The smallest absolute Gasteiger partial charge is 0.339 e. The van der Waals surface area contributed by atoms with Gasteiger partial charge in [0, 0.05) is 5.69 Å². The standard InChI is InChI=1S/C22H27ClN2O2S/c1-6-27-20(26)18-13-17(11-12-19(18)23)25-21(28)24-14(2)15-7-9-16(10-8-15)22(3,4)5/h7-14H,6H2,1-5H3,(H2,24,25,28). The van der Waals surface area contributed by atoms with E-state index in [-0.39, 0.29) is 18.1 Å². The number of rotatable bonds is 5. The van der Waals surface area contributed by atoms with E-state index in [1.54, 1.807) is 25.1 Å². The first-order valence-electron chi connectivity index (χ1n) is 9.26. The Morgan fingerprint density at radius 2 is 1.82 bits per heavy atom. The van der Waals surface area contributed by atoms with Crippen LogP contribution in [-0.2, 0) is 10.2 Å². The van der Waals surface area contributed by atoms with Gasteiger partial charge in [0.15, 0.2) is 5.11 Å². The normalized spacial score (nSPS) is 12.2. The van der Waals surface area contributed by atoms with Crippen LogP contribution in [0.15, 0.2) is 42.5 Å². The fourth-order valence-electron chi connectivity index (χ4n) is 2.69. The Kier molecular flexibility index (Phi) is 7.44. The summed E-state index contributed by atoms with van der Waals surface area (Å²) in [6.45, 7) is 10.7. The molecule has 0 saturated heterocycles. The second kappa shape index (κ2) is 9.39. The van der Waals surface area contributed by atoms with Gasteiger partial charge in [-0.15, -0.1) is 0 Å². The summed E-state index contributed by atoms with van der Waals surface area (Å²) in [6, 6.07) is 13.6. The molecule has 0 spiro atoms. The van der Waals surface area contributed by atoms with E-state index in [2.05, 4.69) is 55.7 Å². The number of benzene rings is 2. The Bertz CT molecular complexity index is 845. The Balaban J connectivity index is 2.03. The summed E-state index contributed by atoms with van der Waals surface area (Å²) in [5.74, 6) is -0.456. The van der Waals surface area contributed by atoms with Crippen molar-refractivity contribution in [3.05, 3.63) is 64.2 Å². The van der Waals surface area contributed by atoms with Crippen molar-refractivity contribution in [2.45, 2.75) is 46.1 Å². The van der Waals surface area contributed by atoms with Gasteiger partial charge >= 0.3 is 5.97 Å². The monoisotopic (exact) mass is 418 g/mol. The molecule has 0 aromatic heterocycles. The van der Waals surface area contributed by atoms with Crippen LogP contribution in [0.1, 0.15) is 62.1 Å². The third kappa shape index (κ3) is 5.94. The fraction of sp³-hybridized carbons (Fsp3) is 0.364. The van der Waals surface area contributed by atoms with Crippen LogP contribution in [0.5, 0.6) is 0 Å². The average molecular weight is 419 g/mol. The van der Waals surface area contributed by atoms with E-state index in [9.17, 15) is 4.79 Å². The zero-order chi connectivity index (χ0) is 20.9. The van der Waals surface area contributed by atoms with E-state index < -0.39 is 5.97 Å². The van der Waals surface area contributed by atoms with Gasteiger partial charge in [0.25, 0.3) is 0 Å². The summed E-state index contributed by atoms with van der Waals surface area (Å²) in [5.41, 5.74) is 3.52. The number of hydrogen-bond donors (Lipinski definition) is 2. The van der Waals surface area contributed by atoms with Gasteiger partial charge in [-0.2, -0.15) is 0 Å². The molecule has 1 unspecified atom stereocenters. The van der Waals surface area contributed by atoms with Crippen molar-refractivity contribution in [3.8, 4) is 0 Å². The van der Waals surface area contributed by atoms with E-state index in [1.165, 1.54) is 5.56 Å². The molecule has 0 amide bonds. The molecule has 28 heavy (non-hydrogen) atoms. The van der Waals surface area contributed by atoms with Crippen molar-refractivity contribution in [1.82, 2.24) is 5.32 Å². The van der Waals surface area contributed by atoms with E-state index >= 15 is 0 Å². The van der Waals surface area contributed by atoms with Crippen molar-refractivity contribution in [2.75, 3.05) is 11.9 Å². The summed E-state index contributed by atoms with van der Waals surface area (Å²) < 4.78 is 5.02. The summed E-state index contributed by atoms with van der Waals surface area (Å²) in [4.78, 5) is 12.0. The van der Waals surface area contributed by atoms with Crippen LogP contribution in [-0.4, -0.2) is 17.7 Å². The molecule has 6 heteroatoms. The van der Waals surface area contributed by atoms with Gasteiger partial charge in [0.2, 0.25) is 0 Å². The second-order valence-corrected chi connectivity index (χ2v) is 8.42. The first kappa shape index (κ1) is 22.2. The molecular weight excluding hydrogens is 392 g/mol. The topological polar surface area (TPSA) is 50.4 Å². The zero-order valence-electron chi connectivity index (χ0n) is 16.9. The molecule has 0 bridgehead atoms. The van der Waals surface area contributed by atoms with Gasteiger partial charge in [0.1, 0.15) is 0 Å². The van der Waals surface area contributed by atoms with Crippen molar-refractivity contribution in [1.29, 1.82) is 0 Å². The molecule has 150 valence electrons. The molecule has 2 rings (SSSR count). The SMILES string of the molecule is CCOC(=O)c1cc(NC(=S)NC(C)c2ccc(C(C)(C)C)cc2)ccc1Cl. The number of anilines is 1. The zero-order valence-corrected chi connectivity index (χ0v) is 18.5. The number of halogens is 1. The number of thiocarbonyl (C=S) groups is 1. The number of hydrogen-bond acceptors (Lipinski definition) is 3. The number of nitrogens with one attached hydrogen (secondary N) is 2. The van der Waals surface area contributed by atoms with Crippen molar-refractivity contribution in [2.24, 2.45) is 0 Å². The first-order valence-corrected chi connectivity index (χ1v) is 10.0. The van der Waals surface area contributed by atoms with Gasteiger partial charge in [-0.25, -0.2) is 4.79 Å². The van der Waals surface area contributed by atoms with Crippen LogP contribution in [0, 0.1) is 0 Å². The third-order valence-electron chi connectivity index (χ3n) is 4.34. The van der Waals surface area contributed by atoms with Gasteiger partial charge < -0.3 is 15.4 Å². The molecule has 2 N–H and O–H groups in total. The highest BCUT2D eigenvalue weighted by atomic mass is 35.5. The average Bonchev–Trinajstić information content (AvgIpc) is 2.62. The molecule has 4 nitrogen and oxygen atoms in total. The van der Waals surface area contributed by atoms with Gasteiger partial charge in [0.05, 0.1) is 23.2 Å². The lowest BCUT2D eigenvalue weighted by atomic mass is 9.86. The van der Waals surface area contributed by atoms with Crippen molar-refractivity contribution >= 4 is 40.6 Å². The quantitative estimate of drug-likeness (QED) is 0.470. The fourth-order valence-corrected chi connectivity index (χ4v) is 3.18. The number of carbonyl (C=O) groups excluding carboxylic acids is 1. The first-order chi connectivity index (χ1) is 13.1. The molecule has 2 aromatic rings. The molecular formula is C22H27ClN2O2S. The maximum absolute atomic E-state index is 12.0. The molecule has 0 aliphatic rings. The van der Waals surface area contributed by atoms with Crippen LogP contribution < -0.4 is 10.6 Å². The lowest BCUT2D eigenvalue weighted by Crippen LogP contribution is -2.31. The lowest BCUT2D eigenvalue weighted by Gasteiger charge is -2.21. The van der Waals surface area contributed by atoms with E-state index in [0.717, 1.165) is 5.56 Å². The minimum absolute atomic E-state index is 0.0332. The van der Waals surface area contributed by atoms with E-state index in [1.807, 2.05) is 6.92 Å². The van der Waals surface area contributed by atoms with Crippen molar-refractivity contribution in [3.63, 3.8) is 0 Å². The minimum atomic E-state index is -0.456. The van der Waals surface area contributed by atoms with Crippen molar-refractivity contribution < 1.29 is 9.53 Å². The maximum atomic E-state index is 12.0. The largest absolute Gasteiger partial charge is 0.462 e. The Hall–Kier alpha value is -2.11. The molecule has 0 heterocycles. The van der Waals surface area contributed by atoms with E-state index in [4.69, 9.17) is 28.6 Å². The van der Waals surface area contributed by atoms with Gasteiger partial charge in [-0.1, -0.05) is 56.6 Å². The Labute approximate surface area is 177 Å². The Morgan fingerprint density at radius 3 is 2.39 bits per heavy atom. The van der Waals surface area contributed by atoms with Gasteiger partial charge in [-0.05, 0) is 60.8 Å². The van der Waals surface area contributed by atoms with Crippen LogP contribution in [0.2, 0.25) is 5.02 Å². The molecule has 0 radical (unpaired) electrons. The van der Waals surface area contributed by atoms with Crippen LogP contribution in [0.4, 0.5) is 5.69 Å². The predicted octanol–water partition coefficient (Wildman–Crippen LogP) is 5.86. The predicted molar refractivity (Wildman–Crippen MR) is 120 cm³/mol. The maximum Gasteiger partial charge on any atom is 0.339 e. The highest BCUT2D eigenvalue weighted by Crippen LogP contribution is 2.24. The highest BCUT2D eigenvalue weighted by Gasteiger charge is 2.15. The van der Waals surface area contributed by atoms with E-state index in [0.29, 0.717) is 21.4 Å². The number of carbonyl (C=O) groups is 1. The summed E-state index contributed by atoms with van der Waals surface area (Å²) in [7, 11) is 0. The number of esters is 1. The molecule has 1 atom stereocenters. The van der Waals surface area contributed by atoms with Gasteiger partial charge in [-0.3, -0.25) is 0 Å². The lowest BCUT2D eigenvalue weighted by molar-refractivity contribution is 0.0526. The third-order valence-corrected chi connectivity index (χ3v) is 4.89. The van der Waals surface area contributed by atoms with Crippen LogP contribution in [0.25, 0.3) is 0 Å². The summed E-state index contributed by atoms with van der Waals surface area (Å²) in [5, 5.41) is 7.16. The molecule has 0 aliphatic heterocycles. The Morgan fingerprint density at radius 1 is 1.18 bits per heavy atom.